The third kappa shape index (κ3) is 12.8. The molecule has 2 aromatic rings. The molecule has 0 saturated heterocycles. The van der Waals surface area contributed by atoms with E-state index in [4.69, 9.17) is 24.5 Å². The zero-order valence-corrected chi connectivity index (χ0v) is 26.6. The molecule has 240 valence electrons. The summed E-state index contributed by atoms with van der Waals surface area (Å²) in [5.41, 5.74) is 7.93. The standard InChI is InChI=1S/C26H30N2O8S2.C4H8O2/c1-33-37-14-12-35-23-11-9-20-7-6-19-8-10-22(36-13-15-38(31,32)34-2)16-21(19)18-28(24(20)17-23)26(30)5-3-4-25(27)29;1-2-3-4(5)6/h8-11,16-17H,3-5,12-15,18H2,1-2H3,(H2,27,29);2-3H2,1H3,(H,5,6). The van der Waals surface area contributed by atoms with E-state index in [1.165, 1.54) is 12.0 Å². The van der Waals surface area contributed by atoms with Crippen molar-refractivity contribution in [1.29, 1.82) is 0 Å². The van der Waals surface area contributed by atoms with Gasteiger partial charge in [0.15, 0.2) is 0 Å². The number of primary amides is 1. The molecule has 1 heterocycles. The van der Waals surface area contributed by atoms with Crippen molar-refractivity contribution in [2.45, 2.75) is 45.6 Å². The van der Waals surface area contributed by atoms with E-state index in [0.29, 0.717) is 53.5 Å². The molecule has 1 aliphatic rings. The second-order valence-corrected chi connectivity index (χ2v) is 12.1. The van der Waals surface area contributed by atoms with Crippen LogP contribution < -0.4 is 20.1 Å². The maximum Gasteiger partial charge on any atom is 0.303 e. The van der Waals surface area contributed by atoms with Crippen LogP contribution >= 0.6 is 12.0 Å². The van der Waals surface area contributed by atoms with Gasteiger partial charge in [-0.25, -0.2) is 0 Å². The maximum absolute atomic E-state index is 13.4. The average Bonchev–Trinajstić information content (AvgIpc) is 2.97. The van der Waals surface area contributed by atoms with E-state index in [9.17, 15) is 22.8 Å². The first kappa shape index (κ1) is 36.4. The molecule has 44 heavy (non-hydrogen) atoms. The van der Waals surface area contributed by atoms with Crippen molar-refractivity contribution in [2.75, 3.05) is 43.8 Å². The fourth-order valence-corrected chi connectivity index (χ4v) is 4.61. The quantitative estimate of drug-likeness (QED) is 0.118. The summed E-state index contributed by atoms with van der Waals surface area (Å²) >= 11 is 1.28. The van der Waals surface area contributed by atoms with Crippen molar-refractivity contribution in [3.05, 3.63) is 53.1 Å². The van der Waals surface area contributed by atoms with Gasteiger partial charge in [-0.1, -0.05) is 18.8 Å². The van der Waals surface area contributed by atoms with Crippen molar-refractivity contribution in [2.24, 2.45) is 5.73 Å². The van der Waals surface area contributed by atoms with Crippen LogP contribution in [0.4, 0.5) is 5.69 Å². The van der Waals surface area contributed by atoms with Gasteiger partial charge in [0.1, 0.15) is 23.9 Å². The van der Waals surface area contributed by atoms with E-state index in [-0.39, 0.29) is 37.7 Å². The van der Waals surface area contributed by atoms with Crippen molar-refractivity contribution in [1.82, 2.24) is 0 Å². The van der Waals surface area contributed by atoms with Gasteiger partial charge >= 0.3 is 5.97 Å². The Morgan fingerprint density at radius 1 is 0.977 bits per heavy atom. The number of nitrogens with zero attached hydrogens (tertiary/aromatic N) is 1. The summed E-state index contributed by atoms with van der Waals surface area (Å²) in [5, 5.41) is 7.91. The van der Waals surface area contributed by atoms with Gasteiger partial charge in [0.2, 0.25) is 11.8 Å². The molecule has 1 aliphatic heterocycles. The van der Waals surface area contributed by atoms with Gasteiger partial charge in [-0.3, -0.25) is 18.6 Å². The molecule has 14 heteroatoms. The summed E-state index contributed by atoms with van der Waals surface area (Å²) in [6, 6.07) is 10.6. The number of hydrogen-bond acceptors (Lipinski definition) is 10. The van der Waals surface area contributed by atoms with Gasteiger partial charge in [-0.15, -0.1) is 0 Å². The summed E-state index contributed by atoms with van der Waals surface area (Å²) in [4.78, 5) is 35.8. The molecule has 0 atom stereocenters. The zero-order chi connectivity index (χ0) is 32.5. The van der Waals surface area contributed by atoms with Gasteiger partial charge in [-0.2, -0.15) is 8.42 Å². The van der Waals surface area contributed by atoms with E-state index in [0.717, 1.165) is 19.1 Å². The van der Waals surface area contributed by atoms with Crippen LogP contribution in [0, 0.1) is 11.8 Å². The van der Waals surface area contributed by atoms with Crippen LogP contribution in [0.15, 0.2) is 36.4 Å². The highest BCUT2D eigenvalue weighted by molar-refractivity contribution is 7.94. The average molecular weight is 651 g/mol. The Bertz CT molecular complexity index is 1450. The fourth-order valence-electron chi connectivity index (χ4n) is 3.84. The van der Waals surface area contributed by atoms with Crippen LogP contribution in [0.5, 0.6) is 11.5 Å². The Morgan fingerprint density at radius 2 is 1.64 bits per heavy atom. The van der Waals surface area contributed by atoms with Gasteiger partial charge in [0.05, 0.1) is 38.8 Å². The van der Waals surface area contributed by atoms with Crippen molar-refractivity contribution >= 4 is 45.6 Å². The summed E-state index contributed by atoms with van der Waals surface area (Å²) in [5.74, 6) is 6.26. The number of hydrogen-bond donors (Lipinski definition) is 2. The number of fused-ring (bicyclic) bond motifs is 2. The Balaban J connectivity index is 0.00000102. The van der Waals surface area contributed by atoms with Gasteiger partial charge in [-0.05, 0) is 60.8 Å². The Labute approximate surface area is 262 Å². The molecule has 0 saturated carbocycles. The molecule has 0 aromatic heterocycles. The highest BCUT2D eigenvalue weighted by Crippen LogP contribution is 2.31. The third-order valence-corrected chi connectivity index (χ3v) is 7.73. The minimum atomic E-state index is -3.65. The first-order chi connectivity index (χ1) is 21.0. The van der Waals surface area contributed by atoms with E-state index >= 15 is 0 Å². The number of benzene rings is 2. The monoisotopic (exact) mass is 650 g/mol. The summed E-state index contributed by atoms with van der Waals surface area (Å²) < 4.78 is 44.1. The minimum absolute atomic E-state index is 0.0959. The Hall–Kier alpha value is -3.77. The van der Waals surface area contributed by atoms with E-state index in [1.54, 1.807) is 42.3 Å². The fraction of sp³-hybridized carbons (Fsp3) is 0.433. The molecule has 2 aromatic carbocycles. The van der Waals surface area contributed by atoms with Crippen molar-refractivity contribution in [3.63, 3.8) is 0 Å². The molecule has 0 unspecified atom stereocenters. The van der Waals surface area contributed by atoms with Crippen LogP contribution in [0.2, 0.25) is 0 Å². The lowest BCUT2D eigenvalue weighted by molar-refractivity contribution is -0.137. The molecule has 0 spiro atoms. The van der Waals surface area contributed by atoms with Gasteiger partial charge < -0.3 is 29.4 Å². The Morgan fingerprint density at radius 3 is 2.25 bits per heavy atom. The van der Waals surface area contributed by atoms with Crippen LogP contribution in [0.1, 0.15) is 55.7 Å². The van der Waals surface area contributed by atoms with Crippen molar-refractivity contribution in [3.8, 4) is 23.3 Å². The van der Waals surface area contributed by atoms with E-state index in [1.807, 2.05) is 13.0 Å². The molecule has 0 aliphatic carbocycles. The van der Waals surface area contributed by atoms with Gasteiger partial charge in [0, 0.05) is 36.5 Å². The highest BCUT2D eigenvalue weighted by atomic mass is 32.2. The van der Waals surface area contributed by atoms with Crippen LogP contribution in [-0.2, 0) is 39.4 Å². The first-order valence-electron chi connectivity index (χ1n) is 13.8. The first-order valence-corrected chi connectivity index (χ1v) is 16.3. The lowest BCUT2D eigenvalue weighted by Gasteiger charge is -2.27. The van der Waals surface area contributed by atoms with Gasteiger partial charge in [0.25, 0.3) is 10.1 Å². The summed E-state index contributed by atoms with van der Waals surface area (Å²) in [6.45, 7) is 2.34. The lowest BCUT2D eigenvalue weighted by atomic mass is 10.0. The zero-order valence-electron chi connectivity index (χ0n) is 25.0. The Kier molecular flexibility index (Phi) is 15.6. The summed E-state index contributed by atoms with van der Waals surface area (Å²) in [6.07, 6.45) is 1.56. The number of anilines is 1. The largest absolute Gasteiger partial charge is 0.493 e. The molecule has 0 fully saturated rings. The predicted molar refractivity (Wildman–Crippen MR) is 167 cm³/mol. The number of ether oxygens (including phenoxy) is 2. The lowest BCUT2D eigenvalue weighted by Crippen LogP contribution is -2.32. The SMILES string of the molecule is CCCC(=O)O.COSCCOc1ccc2c(c1)N(C(=O)CCCC(N)=O)Cc1cc(OCCS(=O)(=O)OC)ccc1C#C2. The van der Waals surface area contributed by atoms with E-state index in [2.05, 4.69) is 16.0 Å². The van der Waals surface area contributed by atoms with Crippen LogP contribution in [0.3, 0.4) is 0 Å². The number of carbonyl (C=O) groups is 3. The maximum atomic E-state index is 13.4. The number of amides is 2. The number of carbonyl (C=O) groups excluding carboxylic acids is 2. The molecule has 0 bridgehead atoms. The third-order valence-electron chi connectivity index (χ3n) is 5.98. The number of rotatable bonds is 16. The van der Waals surface area contributed by atoms with Crippen LogP contribution in [-0.4, -0.2) is 70.2 Å². The predicted octanol–water partition coefficient (Wildman–Crippen LogP) is 3.49. The van der Waals surface area contributed by atoms with Crippen molar-refractivity contribution < 1.29 is 45.7 Å². The molecule has 2 amide bonds. The number of carboxylic acid groups (broad SMARTS) is 1. The highest BCUT2D eigenvalue weighted by Gasteiger charge is 2.23. The number of carboxylic acids is 1. The molecule has 12 nitrogen and oxygen atoms in total. The molecule has 3 rings (SSSR count). The molecular weight excluding hydrogens is 612 g/mol. The normalized spacial score (nSPS) is 11.8. The summed E-state index contributed by atoms with van der Waals surface area (Å²) in [7, 11) is -0.966. The minimum Gasteiger partial charge on any atom is -0.493 e. The molecular formula is C30H38N2O10S2. The number of nitrogens with two attached hydrogens (primary N) is 1. The van der Waals surface area contributed by atoms with E-state index < -0.39 is 22.0 Å². The number of aliphatic carboxylic acids is 1. The smallest absolute Gasteiger partial charge is 0.303 e. The molecule has 3 N–H and O–H groups in total. The van der Waals surface area contributed by atoms with Crippen LogP contribution in [0.25, 0.3) is 0 Å². The molecule has 0 radical (unpaired) electrons. The second kappa shape index (κ2) is 18.8. The topological polar surface area (TPSA) is 172 Å². The second-order valence-electron chi connectivity index (χ2n) is 9.31.